The van der Waals surface area contributed by atoms with Crippen LogP contribution in [0, 0.1) is 0 Å². The topological polar surface area (TPSA) is 51.4 Å². The first-order valence-corrected chi connectivity index (χ1v) is 10.8. The van der Waals surface area contributed by atoms with Crippen molar-refractivity contribution in [3.8, 4) is 0 Å². The molecule has 1 fully saturated rings. The number of hydrogen-bond donors (Lipinski definition) is 2. The zero-order chi connectivity index (χ0) is 18.2. The normalized spacial score (nSPS) is 20.5. The quantitative estimate of drug-likeness (QED) is 0.733. The minimum Gasteiger partial charge on any atom is -0.325 e. The highest BCUT2D eigenvalue weighted by Crippen LogP contribution is 2.23. The summed E-state index contributed by atoms with van der Waals surface area (Å²) in [7, 11) is 0. The molecule has 0 spiro atoms. The maximum atomic E-state index is 12.3. The van der Waals surface area contributed by atoms with E-state index >= 15 is 0 Å². The first-order chi connectivity index (χ1) is 13.3. The van der Waals surface area contributed by atoms with Crippen LogP contribution < -0.4 is 10.2 Å². The van der Waals surface area contributed by atoms with Gasteiger partial charge in [-0.15, -0.1) is 11.3 Å². The highest BCUT2D eigenvalue weighted by molar-refractivity contribution is 7.12. The number of benzene rings is 1. The number of hydrogen-bond acceptors (Lipinski definition) is 3. The fraction of sp³-hybridized carbons (Fsp3) is 0.429. The fourth-order valence-corrected chi connectivity index (χ4v) is 5.27. The van der Waals surface area contributed by atoms with Gasteiger partial charge >= 0.3 is 0 Å². The van der Waals surface area contributed by atoms with Crippen LogP contribution in [0.15, 0.2) is 35.7 Å². The molecule has 1 aliphatic carbocycles. The summed E-state index contributed by atoms with van der Waals surface area (Å²) < 4.78 is 2.37. The molecule has 5 rings (SSSR count). The van der Waals surface area contributed by atoms with Gasteiger partial charge in [0.2, 0.25) is 0 Å². The standard InChI is InChI=1S/C21H24N4OS/c26-21(19-7-4-12-27-19)22-15-8-9-18-17(13-15)23-20-14-24(10-11-25(18)20)16-5-2-1-3-6-16/h4,7-9,12-13,16H,1-3,5-6,10-11,14H2,(H,22,26)/p+1. The Morgan fingerprint density at radius 3 is 2.93 bits per heavy atom. The Balaban J connectivity index is 1.37. The van der Waals surface area contributed by atoms with Gasteiger partial charge in [-0.2, -0.15) is 0 Å². The zero-order valence-corrected chi connectivity index (χ0v) is 16.2. The number of anilines is 1. The maximum absolute atomic E-state index is 12.3. The molecule has 1 aromatic carbocycles. The lowest BCUT2D eigenvalue weighted by molar-refractivity contribution is -0.944. The summed E-state index contributed by atoms with van der Waals surface area (Å²) in [5, 5.41) is 4.91. The number of nitrogens with zero attached hydrogens (tertiary/aromatic N) is 2. The third kappa shape index (κ3) is 3.28. The van der Waals surface area contributed by atoms with Crippen molar-refractivity contribution in [3.63, 3.8) is 0 Å². The molecular formula is C21H25N4OS+. The van der Waals surface area contributed by atoms with Crippen LogP contribution in [0.4, 0.5) is 5.69 Å². The lowest BCUT2D eigenvalue weighted by Gasteiger charge is -2.34. The van der Waals surface area contributed by atoms with E-state index in [-0.39, 0.29) is 5.91 Å². The van der Waals surface area contributed by atoms with E-state index in [4.69, 9.17) is 4.98 Å². The summed E-state index contributed by atoms with van der Waals surface area (Å²) in [6, 6.07) is 10.6. The molecule has 3 aromatic rings. The van der Waals surface area contributed by atoms with Gasteiger partial charge in [0.25, 0.3) is 5.91 Å². The Labute approximate surface area is 163 Å². The first kappa shape index (κ1) is 17.0. The van der Waals surface area contributed by atoms with E-state index in [9.17, 15) is 4.79 Å². The number of nitrogens with one attached hydrogen (secondary N) is 2. The molecule has 0 radical (unpaired) electrons. The van der Waals surface area contributed by atoms with Gasteiger partial charge in [-0.25, -0.2) is 4.98 Å². The van der Waals surface area contributed by atoms with Crippen molar-refractivity contribution in [3.05, 3.63) is 46.4 Å². The number of aromatic nitrogens is 2. The third-order valence-corrected chi connectivity index (χ3v) is 6.92. The van der Waals surface area contributed by atoms with E-state index < -0.39 is 0 Å². The number of quaternary nitrogens is 1. The van der Waals surface area contributed by atoms with Crippen LogP contribution in [0.3, 0.4) is 0 Å². The number of thiophene rings is 1. The molecule has 27 heavy (non-hydrogen) atoms. The Kier molecular flexibility index (Phi) is 4.45. The molecule has 1 amide bonds. The minimum absolute atomic E-state index is 0.0544. The molecule has 5 nitrogen and oxygen atoms in total. The molecule has 140 valence electrons. The van der Waals surface area contributed by atoms with Crippen molar-refractivity contribution in [2.24, 2.45) is 0 Å². The van der Waals surface area contributed by atoms with Crippen LogP contribution >= 0.6 is 11.3 Å². The second-order valence-electron chi connectivity index (χ2n) is 7.73. The lowest BCUT2D eigenvalue weighted by atomic mass is 9.94. The van der Waals surface area contributed by atoms with Crippen molar-refractivity contribution in [2.75, 3.05) is 11.9 Å². The monoisotopic (exact) mass is 381 g/mol. The van der Waals surface area contributed by atoms with Crippen molar-refractivity contribution >= 4 is 34.0 Å². The number of amides is 1. The molecule has 0 saturated heterocycles. The predicted molar refractivity (Wildman–Crippen MR) is 108 cm³/mol. The molecule has 1 aliphatic heterocycles. The molecule has 1 saturated carbocycles. The first-order valence-electron chi connectivity index (χ1n) is 9.96. The number of imidazole rings is 1. The van der Waals surface area contributed by atoms with Gasteiger partial charge in [-0.3, -0.25) is 4.79 Å². The number of carbonyl (C=O) groups excluding carboxylic acids is 1. The van der Waals surface area contributed by atoms with Gasteiger partial charge in [0.05, 0.1) is 35.0 Å². The SMILES string of the molecule is O=C(Nc1ccc2c(c1)nc1n2CC[NH+](C2CCCCC2)C1)c1cccs1. The van der Waals surface area contributed by atoms with Crippen LogP contribution in [0.2, 0.25) is 0 Å². The average molecular weight is 382 g/mol. The van der Waals surface area contributed by atoms with Crippen LogP contribution in [-0.2, 0) is 13.1 Å². The van der Waals surface area contributed by atoms with E-state index in [1.54, 1.807) is 4.90 Å². The third-order valence-electron chi connectivity index (χ3n) is 6.05. The summed E-state index contributed by atoms with van der Waals surface area (Å²) in [5.74, 6) is 1.14. The van der Waals surface area contributed by atoms with Crippen LogP contribution in [-0.4, -0.2) is 28.0 Å². The molecule has 6 heteroatoms. The Bertz CT molecular complexity index is 956. The Morgan fingerprint density at radius 1 is 1.22 bits per heavy atom. The maximum Gasteiger partial charge on any atom is 0.265 e. The number of rotatable bonds is 3. The van der Waals surface area contributed by atoms with Gasteiger partial charge < -0.3 is 14.8 Å². The van der Waals surface area contributed by atoms with E-state index in [0.29, 0.717) is 0 Å². The van der Waals surface area contributed by atoms with Gasteiger partial charge in [0, 0.05) is 5.69 Å². The average Bonchev–Trinajstić information content (AvgIpc) is 3.35. The fourth-order valence-electron chi connectivity index (χ4n) is 4.65. The number of fused-ring (bicyclic) bond motifs is 3. The van der Waals surface area contributed by atoms with Gasteiger partial charge in [-0.05, 0) is 55.3 Å². The molecule has 0 bridgehead atoms. The van der Waals surface area contributed by atoms with Crippen molar-refractivity contribution in [1.29, 1.82) is 0 Å². The van der Waals surface area contributed by atoms with Crippen LogP contribution in [0.1, 0.15) is 47.6 Å². The van der Waals surface area contributed by atoms with E-state index in [0.717, 1.165) is 35.2 Å². The lowest BCUT2D eigenvalue weighted by Crippen LogP contribution is -3.15. The highest BCUT2D eigenvalue weighted by Gasteiger charge is 2.30. The smallest absolute Gasteiger partial charge is 0.265 e. The molecule has 3 heterocycles. The van der Waals surface area contributed by atoms with Crippen molar-refractivity contribution in [1.82, 2.24) is 9.55 Å². The Hall–Kier alpha value is -2.18. The van der Waals surface area contributed by atoms with Crippen LogP contribution in [0.25, 0.3) is 11.0 Å². The zero-order valence-electron chi connectivity index (χ0n) is 15.4. The second-order valence-corrected chi connectivity index (χ2v) is 8.68. The summed E-state index contributed by atoms with van der Waals surface area (Å²) in [4.78, 5) is 19.7. The highest BCUT2D eigenvalue weighted by atomic mass is 32.1. The molecule has 2 aromatic heterocycles. The summed E-state index contributed by atoms with van der Waals surface area (Å²) >= 11 is 1.46. The summed E-state index contributed by atoms with van der Waals surface area (Å²) in [6.45, 7) is 3.26. The van der Waals surface area contributed by atoms with Crippen LogP contribution in [0.5, 0.6) is 0 Å². The number of carbonyl (C=O) groups is 1. The summed E-state index contributed by atoms with van der Waals surface area (Å²) in [5.41, 5.74) is 2.98. The second kappa shape index (κ2) is 7.09. The summed E-state index contributed by atoms with van der Waals surface area (Å²) in [6.07, 6.45) is 6.92. The van der Waals surface area contributed by atoms with Gasteiger partial charge in [0.1, 0.15) is 6.54 Å². The van der Waals surface area contributed by atoms with E-state index in [1.807, 2.05) is 29.6 Å². The largest absolute Gasteiger partial charge is 0.325 e. The van der Waals surface area contributed by atoms with Crippen molar-refractivity contribution in [2.45, 2.75) is 51.2 Å². The van der Waals surface area contributed by atoms with Gasteiger partial charge in [0.15, 0.2) is 5.82 Å². The van der Waals surface area contributed by atoms with E-state index in [2.05, 4.69) is 16.0 Å². The Morgan fingerprint density at radius 2 is 2.11 bits per heavy atom. The minimum atomic E-state index is -0.0544. The molecule has 1 atom stereocenters. The predicted octanol–water partition coefficient (Wildman–Crippen LogP) is 3.08. The van der Waals surface area contributed by atoms with E-state index in [1.165, 1.54) is 61.3 Å². The van der Waals surface area contributed by atoms with Gasteiger partial charge in [-0.1, -0.05) is 12.5 Å². The van der Waals surface area contributed by atoms with Crippen molar-refractivity contribution < 1.29 is 9.69 Å². The molecule has 2 N–H and O–H groups in total. The molecular weight excluding hydrogens is 356 g/mol. The molecule has 2 aliphatic rings. The molecule has 1 unspecified atom stereocenters.